The normalized spacial score (nSPS) is 15.1. The maximum Gasteiger partial charge on any atom is 0.136 e. The molecule has 0 aliphatic heterocycles. The molecule has 2 nitrogen and oxygen atoms in total. The van der Waals surface area contributed by atoms with Gasteiger partial charge in [0.1, 0.15) is 11.2 Å². The van der Waals surface area contributed by atoms with E-state index in [4.69, 9.17) is 4.42 Å². The zero-order valence-corrected chi connectivity index (χ0v) is 39.7. The van der Waals surface area contributed by atoms with Crippen LogP contribution in [0, 0.1) is 0 Å². The van der Waals surface area contributed by atoms with E-state index in [0.29, 0.717) is 0 Å². The van der Waals surface area contributed by atoms with Crippen LogP contribution < -0.4 is 4.90 Å². The lowest BCUT2D eigenvalue weighted by molar-refractivity contribution is 0.669. The predicted molar refractivity (Wildman–Crippen MR) is 300 cm³/mol. The van der Waals surface area contributed by atoms with Gasteiger partial charge in [-0.25, -0.2) is 0 Å². The molecule has 10 aromatic carbocycles. The first-order valence-corrected chi connectivity index (χ1v) is 24.9. The number of fused-ring (bicyclic) bond motifs is 8. The average molecular weight is 910 g/mol. The lowest BCUT2D eigenvalue weighted by Gasteiger charge is -2.37. The number of anilines is 2. The van der Waals surface area contributed by atoms with Crippen LogP contribution in [-0.4, -0.2) is 6.04 Å². The molecule has 0 fully saturated rings. The van der Waals surface area contributed by atoms with E-state index in [-0.39, 0.29) is 6.04 Å². The Morgan fingerprint density at radius 1 is 0.549 bits per heavy atom. The Morgan fingerprint density at radius 3 is 1.96 bits per heavy atom. The standard InChI is InChI=1S/C69H51NO/c1-2-19-48(57-31-17-23-49-20-11-12-28-56(49)57)39-36-47-37-41-55(42-38-47)70(64-34-16-14-29-58(64)52-40-43-66-60(45-52)61-44-50-21-9-10-22-51(50)46-67(61)71-66)65-35-18-33-63-68(65)59-30-13-15-32-62(59)69(63,53-24-5-3-6-25-53)54-26-7-4-8-27-54/h2-35,37-41,43-46,55H,36,42H2,1H3/b19-2-,48-39+. The fraction of sp³-hybridized carbons (Fsp3) is 0.0725. The van der Waals surface area contributed by atoms with Crippen molar-refractivity contribution in [1.29, 1.82) is 0 Å². The highest BCUT2D eigenvalue weighted by molar-refractivity contribution is 6.11. The van der Waals surface area contributed by atoms with E-state index in [0.717, 1.165) is 46.0 Å². The summed E-state index contributed by atoms with van der Waals surface area (Å²) < 4.78 is 6.54. The van der Waals surface area contributed by atoms with Gasteiger partial charge >= 0.3 is 0 Å². The lowest BCUT2D eigenvalue weighted by Crippen LogP contribution is -2.32. The summed E-state index contributed by atoms with van der Waals surface area (Å²) in [7, 11) is 0. The quantitative estimate of drug-likeness (QED) is 0.127. The van der Waals surface area contributed by atoms with Crippen LogP contribution in [0.5, 0.6) is 0 Å². The molecule has 11 aromatic rings. The molecule has 0 radical (unpaired) electrons. The van der Waals surface area contributed by atoms with Crippen molar-refractivity contribution < 1.29 is 4.42 Å². The minimum atomic E-state index is -0.524. The molecule has 0 saturated carbocycles. The van der Waals surface area contributed by atoms with Gasteiger partial charge in [-0.15, -0.1) is 0 Å². The SMILES string of the molecule is C/C=C\C(=C/CC1=CCC(N(c2ccccc2-c2ccc3oc4cc5ccccc5cc4c3c2)c2cccc3c2-c2ccccc2C3(c2ccccc2)c2ccccc2)C=C1)c1cccc2ccccc12. The molecule has 71 heavy (non-hydrogen) atoms. The smallest absolute Gasteiger partial charge is 0.136 e. The Hall–Kier alpha value is -8.72. The molecule has 1 heterocycles. The van der Waals surface area contributed by atoms with E-state index in [2.05, 4.69) is 273 Å². The first-order valence-electron chi connectivity index (χ1n) is 24.9. The van der Waals surface area contributed by atoms with E-state index in [1.807, 2.05) is 0 Å². The Morgan fingerprint density at radius 2 is 1.18 bits per heavy atom. The monoisotopic (exact) mass is 909 g/mol. The molecule has 0 saturated heterocycles. The van der Waals surface area contributed by atoms with Crippen LogP contribution in [0.4, 0.5) is 11.4 Å². The molecule has 13 rings (SSSR count). The van der Waals surface area contributed by atoms with E-state index in [9.17, 15) is 0 Å². The Kier molecular flexibility index (Phi) is 10.5. The molecule has 1 aromatic heterocycles. The van der Waals surface area contributed by atoms with Gasteiger partial charge in [0.25, 0.3) is 0 Å². The lowest BCUT2D eigenvalue weighted by atomic mass is 9.68. The first-order chi connectivity index (χ1) is 35.2. The minimum Gasteiger partial charge on any atom is -0.456 e. The van der Waals surface area contributed by atoms with Gasteiger partial charge in [-0.1, -0.05) is 225 Å². The van der Waals surface area contributed by atoms with Crippen LogP contribution in [-0.2, 0) is 5.41 Å². The van der Waals surface area contributed by atoms with Gasteiger partial charge in [0, 0.05) is 33.3 Å². The fourth-order valence-corrected chi connectivity index (χ4v) is 11.9. The van der Waals surface area contributed by atoms with Crippen molar-refractivity contribution in [3.63, 3.8) is 0 Å². The van der Waals surface area contributed by atoms with Crippen LogP contribution >= 0.6 is 0 Å². The van der Waals surface area contributed by atoms with Gasteiger partial charge < -0.3 is 9.32 Å². The topological polar surface area (TPSA) is 16.4 Å². The molecule has 338 valence electrons. The summed E-state index contributed by atoms with van der Waals surface area (Å²) in [4.78, 5) is 2.64. The van der Waals surface area contributed by atoms with Crippen LogP contribution in [0.3, 0.4) is 0 Å². The van der Waals surface area contributed by atoms with Crippen LogP contribution in [0.1, 0.15) is 47.6 Å². The van der Waals surface area contributed by atoms with Crippen molar-refractivity contribution in [3.05, 3.63) is 294 Å². The van der Waals surface area contributed by atoms with E-state index in [1.165, 1.54) is 82.9 Å². The van der Waals surface area contributed by atoms with Crippen molar-refractivity contribution in [1.82, 2.24) is 0 Å². The molecule has 0 amide bonds. The molecule has 0 spiro atoms. The molecule has 2 heteroatoms. The predicted octanol–water partition coefficient (Wildman–Crippen LogP) is 18.4. The van der Waals surface area contributed by atoms with E-state index < -0.39 is 5.41 Å². The molecular formula is C69H51NO. The molecule has 0 bridgehead atoms. The average Bonchev–Trinajstić information content (AvgIpc) is 3.96. The number of rotatable bonds is 10. The van der Waals surface area contributed by atoms with E-state index in [1.54, 1.807) is 0 Å². The van der Waals surface area contributed by atoms with Crippen molar-refractivity contribution in [2.24, 2.45) is 0 Å². The number of furan rings is 1. The maximum atomic E-state index is 6.54. The summed E-state index contributed by atoms with van der Waals surface area (Å²) in [5.41, 5.74) is 17.4. The number of para-hydroxylation sites is 1. The van der Waals surface area contributed by atoms with Crippen molar-refractivity contribution in [2.75, 3.05) is 4.90 Å². The molecular weight excluding hydrogens is 859 g/mol. The molecule has 1 atom stereocenters. The summed E-state index contributed by atoms with van der Waals surface area (Å²) in [6, 6.07) is 82.5. The van der Waals surface area contributed by atoms with Gasteiger partial charge in [0.15, 0.2) is 0 Å². The third-order valence-electron chi connectivity index (χ3n) is 15.0. The number of hydrogen-bond acceptors (Lipinski definition) is 2. The molecule has 2 aliphatic rings. The van der Waals surface area contributed by atoms with Gasteiger partial charge in [-0.05, 0) is 128 Å². The maximum absolute atomic E-state index is 6.54. The van der Waals surface area contributed by atoms with Gasteiger partial charge in [-0.2, -0.15) is 0 Å². The van der Waals surface area contributed by atoms with E-state index >= 15 is 0 Å². The van der Waals surface area contributed by atoms with Crippen molar-refractivity contribution in [2.45, 2.75) is 31.2 Å². The number of benzene rings is 10. The summed E-state index contributed by atoms with van der Waals surface area (Å²) in [5, 5.41) is 7.16. The third kappa shape index (κ3) is 7.09. The van der Waals surface area contributed by atoms with Crippen molar-refractivity contribution in [3.8, 4) is 22.3 Å². The minimum absolute atomic E-state index is 0.0175. The summed E-state index contributed by atoms with van der Waals surface area (Å²) in [6.07, 6.45) is 15.8. The zero-order chi connectivity index (χ0) is 47.3. The van der Waals surface area contributed by atoms with Gasteiger partial charge in [-0.3, -0.25) is 0 Å². The highest BCUT2D eigenvalue weighted by Gasteiger charge is 2.47. The van der Waals surface area contributed by atoms with Gasteiger partial charge in [0.2, 0.25) is 0 Å². The summed E-state index contributed by atoms with van der Waals surface area (Å²) >= 11 is 0. The van der Waals surface area contributed by atoms with Gasteiger partial charge in [0.05, 0.1) is 11.5 Å². The Balaban J connectivity index is 0.980. The highest BCUT2D eigenvalue weighted by Crippen LogP contribution is 2.59. The first kappa shape index (κ1) is 42.4. The number of nitrogens with zero attached hydrogens (tertiary/aromatic N) is 1. The fourth-order valence-electron chi connectivity index (χ4n) is 11.9. The molecule has 1 unspecified atom stereocenters. The second-order valence-corrected chi connectivity index (χ2v) is 19.0. The molecule has 0 N–H and O–H groups in total. The third-order valence-corrected chi connectivity index (χ3v) is 15.0. The zero-order valence-electron chi connectivity index (χ0n) is 39.7. The number of hydrogen-bond donors (Lipinski definition) is 0. The largest absolute Gasteiger partial charge is 0.456 e. The number of allylic oxidation sites excluding steroid dienone is 6. The van der Waals surface area contributed by atoms with Crippen LogP contribution in [0.15, 0.2) is 271 Å². The Bertz CT molecular complexity index is 3910. The Labute approximate surface area is 415 Å². The second kappa shape index (κ2) is 17.7. The van der Waals surface area contributed by atoms with Crippen LogP contribution in [0.2, 0.25) is 0 Å². The van der Waals surface area contributed by atoms with Crippen LogP contribution in [0.25, 0.3) is 71.3 Å². The summed E-state index contributed by atoms with van der Waals surface area (Å²) in [6.45, 7) is 2.11. The second-order valence-electron chi connectivity index (χ2n) is 19.0. The van der Waals surface area contributed by atoms with Crippen molar-refractivity contribution >= 4 is 60.4 Å². The highest BCUT2D eigenvalue weighted by atomic mass is 16.3. The summed E-state index contributed by atoms with van der Waals surface area (Å²) in [5.74, 6) is 0. The molecule has 2 aliphatic carbocycles.